The molecule has 18 heterocycles. The minimum Gasteiger partial charge on any atom is -0.497 e. The summed E-state index contributed by atoms with van der Waals surface area (Å²) >= 11 is 13.0. The molecule has 4 aromatic carbocycles. The average Bonchev–Trinajstić information content (AvgIpc) is 1.62. The van der Waals surface area contributed by atoms with Gasteiger partial charge in [0.05, 0.1) is 46.8 Å². The largest absolute Gasteiger partial charge is 0.497 e. The minimum atomic E-state index is -0.0377. The van der Waals surface area contributed by atoms with Gasteiger partial charge in [-0.2, -0.15) is 0 Å². The highest BCUT2D eigenvalue weighted by Crippen LogP contribution is 2.42. The monoisotopic (exact) mass is 1850 g/mol. The lowest BCUT2D eigenvalue weighted by molar-refractivity contribution is 0.0371. The highest BCUT2D eigenvalue weighted by molar-refractivity contribution is 7.19. The number of halogens is 1. The highest BCUT2D eigenvalue weighted by Gasteiger charge is 2.27. The number of carbonyl (C=O) groups excluding carboxylic acids is 1. The van der Waals surface area contributed by atoms with E-state index in [0.29, 0.717) is 137 Å². The van der Waals surface area contributed by atoms with Crippen LogP contribution in [0.2, 0.25) is 5.15 Å². The van der Waals surface area contributed by atoms with Crippen LogP contribution in [0.3, 0.4) is 0 Å². The van der Waals surface area contributed by atoms with Gasteiger partial charge in [-0.15, -0.1) is 56.7 Å². The quantitative estimate of drug-likeness (QED) is 0.0633. The Morgan fingerprint density at radius 1 is 0.419 bits per heavy atom. The second-order valence-corrected chi connectivity index (χ2v) is 37.2. The number of aromatic nitrogens is 2. The van der Waals surface area contributed by atoms with Gasteiger partial charge in [-0.1, -0.05) is 66.2 Å². The number of nitrogens with zero attached hydrogens (tertiary/aromatic N) is 7. The van der Waals surface area contributed by atoms with E-state index in [0.717, 1.165) is 203 Å². The summed E-state index contributed by atoms with van der Waals surface area (Å²) in [5, 5.41) is 14.6. The van der Waals surface area contributed by atoms with Gasteiger partial charge in [0.2, 0.25) is 27.1 Å². The van der Waals surface area contributed by atoms with Crippen LogP contribution in [-0.2, 0) is 14.2 Å². The molecule has 0 aliphatic carbocycles. The van der Waals surface area contributed by atoms with E-state index in [1.165, 1.54) is 81.3 Å². The van der Waals surface area contributed by atoms with Crippen LogP contribution < -0.4 is 61.7 Å². The fraction of sp³-hybridized carbons (Fsp3) is 0.323. The lowest BCUT2D eigenvalue weighted by atomic mass is 10.0. The van der Waals surface area contributed by atoms with Crippen molar-refractivity contribution in [3.8, 4) is 61.4 Å². The van der Waals surface area contributed by atoms with Crippen LogP contribution in [0.1, 0.15) is 81.0 Å². The van der Waals surface area contributed by atoms with Crippen LogP contribution in [0.25, 0.3) is 118 Å². The summed E-state index contributed by atoms with van der Waals surface area (Å²) in [5.74, 6) is 4.20. The molecule has 666 valence electrons. The van der Waals surface area contributed by atoms with Crippen LogP contribution in [0.15, 0.2) is 225 Å². The fourth-order valence-electron chi connectivity index (χ4n) is 17.0. The third kappa shape index (κ3) is 20.3. The van der Waals surface area contributed by atoms with E-state index < -0.39 is 0 Å². The molecule has 129 heavy (non-hydrogen) atoms. The third-order valence-electron chi connectivity index (χ3n) is 24.0. The summed E-state index contributed by atoms with van der Waals surface area (Å²) in [7, 11) is 3.55. The summed E-state index contributed by atoms with van der Waals surface area (Å²) in [6, 6.07) is 43.7. The molecule has 0 unspecified atom stereocenters. The van der Waals surface area contributed by atoms with Crippen LogP contribution in [-0.4, -0.2) is 160 Å². The molecule has 2 N–H and O–H groups in total. The van der Waals surface area contributed by atoms with Crippen molar-refractivity contribution in [2.75, 3.05) is 169 Å². The molecular formula is C99H98ClN9O15S5. The molecule has 16 aromatic rings. The van der Waals surface area contributed by atoms with Crippen molar-refractivity contribution in [2.45, 2.75) is 70.6 Å². The van der Waals surface area contributed by atoms with E-state index in [4.69, 9.17) is 52.6 Å². The number of morpholine rings is 3. The topological polar surface area (TPSA) is 265 Å². The van der Waals surface area contributed by atoms with Crippen molar-refractivity contribution in [3.63, 3.8) is 0 Å². The van der Waals surface area contributed by atoms with E-state index in [-0.39, 0.29) is 32.9 Å². The van der Waals surface area contributed by atoms with E-state index in [1.54, 1.807) is 49.7 Å². The first-order valence-corrected chi connectivity index (χ1v) is 48.7. The van der Waals surface area contributed by atoms with Gasteiger partial charge >= 0.3 is 0 Å². The number of rotatable bonds is 17. The summed E-state index contributed by atoms with van der Waals surface area (Å²) < 4.78 is 55.6. The SMILES string of the molecule is CNc1ccc(-c2csc3c(=O)cc(N4CCCCC4)oc23)cc1.COc1cccc(-c2csc3c(=O)cc(N4CCCCC4)oc23)c1.O=C(CCCN1CCOCC1)c1cccc(-c2csc3c(=O)cc(N4CCOCC4)oc23)c1.O=c1cc(N2CCCCC2)oc2c(-c3ccc(Cl)nc3)csc12.O=c1cc(N2CCOCC2)oc2c(-c3ccc4cc[nH]c4c3)csc12. The molecule has 0 saturated carbocycles. The summed E-state index contributed by atoms with van der Waals surface area (Å²) in [6.07, 6.45) is 15.6. The zero-order valence-corrected chi connectivity index (χ0v) is 76.5. The Hall–Kier alpha value is -11.5. The standard InChI is InChI=1S/C25H28N2O5S.C19H16N2O3S.C19H20N2O2S.C19H19NO3S.C17H15ClN2O2S/c28-21(5-2-6-26-7-11-30-12-8-26)19-4-1-3-18(15-19)20-17-33-25-22(29)16-23(32-24(20)25)27-9-13-31-14-10-27;22-16-10-17(21-5-7-23-8-6-21)24-18-14(11-25-19(16)18)13-2-1-12-3-4-20-15(12)9-13;1-20-14-7-5-13(6-8-14)15-12-24-19-16(22)11-17(23-18(15)19)21-9-3-2-4-10-21;1-22-14-7-5-6-13(10-14)15-12-24-19-16(21)11-17(23-18(15)19)20-8-3-2-4-9-20;18-14-5-4-11(9-19-14)12-10-23-17-13(21)8-15(22-16(12)17)20-6-2-1-3-7-20/h1,3-4,15-17H,2,5-14H2;1-4,9-11,20H,5-8H2;5-8,11-12,20H,2-4,9-10H2,1H3;5-7,10-12H,2-4,8-9H2,1H3;4-5,8-10H,1-3,6-7H2. The van der Waals surface area contributed by atoms with E-state index in [2.05, 4.69) is 70.1 Å². The molecule has 0 radical (unpaired) electrons. The Balaban J connectivity index is 0.000000109. The molecule has 0 atom stereocenters. The Morgan fingerprint density at radius 2 is 0.798 bits per heavy atom. The first-order valence-electron chi connectivity index (χ1n) is 44.0. The number of benzene rings is 4. The number of ketones is 1. The van der Waals surface area contributed by atoms with E-state index in [9.17, 15) is 28.8 Å². The predicted molar refractivity (Wildman–Crippen MR) is 525 cm³/mol. The average molecular weight is 1850 g/mol. The Kier molecular flexibility index (Phi) is 28.1. The van der Waals surface area contributed by atoms with Crippen molar-refractivity contribution in [1.82, 2.24) is 14.9 Å². The van der Waals surface area contributed by atoms with E-state index in [1.807, 2.05) is 118 Å². The number of Topliss-reactive ketones (excluding diaryl/α,β-unsaturated/α-hetero) is 1. The first kappa shape index (κ1) is 88.2. The number of methoxy groups -OCH3 is 1. The number of nitrogens with one attached hydrogen (secondary N) is 2. The van der Waals surface area contributed by atoms with Gasteiger partial charge in [-0.3, -0.25) is 33.7 Å². The van der Waals surface area contributed by atoms with Gasteiger partial charge in [0.25, 0.3) is 0 Å². The number of aromatic amines is 1. The maximum absolute atomic E-state index is 12.9. The van der Waals surface area contributed by atoms with Crippen LogP contribution in [0.5, 0.6) is 5.75 Å². The van der Waals surface area contributed by atoms with Crippen LogP contribution in [0.4, 0.5) is 35.1 Å². The summed E-state index contributed by atoms with van der Waals surface area (Å²) in [4.78, 5) is 95.9. The number of carbonyl (C=O) groups is 1. The van der Waals surface area contributed by atoms with E-state index >= 15 is 0 Å². The van der Waals surface area contributed by atoms with Crippen LogP contribution >= 0.6 is 68.3 Å². The lowest BCUT2D eigenvalue weighted by Crippen LogP contribution is -2.36. The number of piperidine rings is 3. The molecule has 6 saturated heterocycles. The number of fused-ring (bicyclic) bond motifs is 6. The first-order chi connectivity index (χ1) is 63.2. The zero-order chi connectivity index (χ0) is 88.3. The number of ether oxygens (including phenoxy) is 4. The summed E-state index contributed by atoms with van der Waals surface area (Å²) in [6.45, 7) is 15.5. The smallest absolute Gasteiger partial charge is 0.204 e. The fourth-order valence-corrected chi connectivity index (χ4v) is 21.7. The maximum Gasteiger partial charge on any atom is 0.204 e. The molecule has 30 heteroatoms. The van der Waals surface area contributed by atoms with Gasteiger partial charge in [0, 0.05) is 212 Å². The molecule has 22 rings (SSSR count). The van der Waals surface area contributed by atoms with Gasteiger partial charge in [0.15, 0.2) is 63.1 Å². The molecule has 0 amide bonds. The van der Waals surface area contributed by atoms with Crippen molar-refractivity contribution >= 4 is 171 Å². The molecular weight excluding hydrogens is 1750 g/mol. The van der Waals surface area contributed by atoms with Gasteiger partial charge in [0.1, 0.15) is 34.4 Å². The molecule has 12 aromatic heterocycles. The molecule has 6 aliphatic rings. The maximum atomic E-state index is 12.9. The van der Waals surface area contributed by atoms with Crippen molar-refractivity contribution in [2.24, 2.45) is 0 Å². The predicted octanol–water partition coefficient (Wildman–Crippen LogP) is 21.1. The Bertz CT molecular complexity index is 6930. The second-order valence-electron chi connectivity index (χ2n) is 32.4. The number of hydrogen-bond donors (Lipinski definition) is 2. The Morgan fingerprint density at radius 3 is 1.22 bits per heavy atom. The van der Waals surface area contributed by atoms with Gasteiger partial charge < -0.3 is 75.8 Å². The molecule has 6 aliphatic heterocycles. The minimum absolute atomic E-state index is 0.0138. The zero-order valence-electron chi connectivity index (χ0n) is 71.7. The van der Waals surface area contributed by atoms with Crippen molar-refractivity contribution in [3.05, 3.63) is 241 Å². The summed E-state index contributed by atoms with van der Waals surface area (Å²) in [5.41, 5.74) is 15.8. The molecule has 24 nitrogen and oxygen atoms in total. The van der Waals surface area contributed by atoms with Crippen LogP contribution in [0, 0.1) is 0 Å². The normalized spacial score (nSPS) is 15.7. The van der Waals surface area contributed by atoms with Crippen molar-refractivity contribution < 1.29 is 45.8 Å². The highest BCUT2D eigenvalue weighted by atomic mass is 35.5. The number of H-pyrrole nitrogens is 1. The lowest BCUT2D eigenvalue weighted by Gasteiger charge is -2.27. The van der Waals surface area contributed by atoms with Crippen molar-refractivity contribution in [1.29, 1.82) is 0 Å². The molecule has 0 spiro atoms. The number of anilines is 6. The number of hydrogen-bond acceptors (Lipinski definition) is 28. The van der Waals surface area contributed by atoms with Gasteiger partial charge in [-0.25, -0.2) is 4.98 Å². The number of thiophene rings is 5. The second kappa shape index (κ2) is 41.1. The van der Waals surface area contributed by atoms with Gasteiger partial charge in [-0.05, 0) is 153 Å². The Labute approximate surface area is 768 Å². The number of pyridine rings is 1. The molecule has 6 fully saturated rings. The molecule has 0 bridgehead atoms. The third-order valence-corrected chi connectivity index (χ3v) is 29.2.